The number of carbonyl (C=O) groups is 3. The number of rotatable bonds is 9. The summed E-state index contributed by atoms with van der Waals surface area (Å²) in [7, 11) is 0. The lowest BCUT2D eigenvalue weighted by Gasteiger charge is -2.21. The number of hydrogen-bond acceptors (Lipinski definition) is 4. The number of amides is 4. The summed E-state index contributed by atoms with van der Waals surface area (Å²) in [6, 6.07) is 10.4. The van der Waals surface area contributed by atoms with Gasteiger partial charge in [0.15, 0.2) is 5.69 Å². The number of unbranched alkanes of at least 4 members (excludes halogenated alkanes) is 4. The van der Waals surface area contributed by atoms with Crippen molar-refractivity contribution in [3.63, 3.8) is 0 Å². The molecule has 2 heterocycles. The van der Waals surface area contributed by atoms with Crippen molar-refractivity contribution in [3.8, 4) is 5.69 Å². The number of para-hydroxylation sites is 1. The first-order valence-corrected chi connectivity index (χ1v) is 10.5. The summed E-state index contributed by atoms with van der Waals surface area (Å²) in [6.07, 6.45) is 5.80. The fourth-order valence-corrected chi connectivity index (χ4v) is 3.61. The van der Waals surface area contributed by atoms with Crippen LogP contribution in [0.2, 0.25) is 0 Å². The molecule has 30 heavy (non-hydrogen) atoms. The van der Waals surface area contributed by atoms with E-state index in [1.54, 1.807) is 17.7 Å². The number of nitrogens with zero attached hydrogens (tertiary/aromatic N) is 3. The normalized spacial score (nSPS) is 18.6. The predicted molar refractivity (Wildman–Crippen MR) is 113 cm³/mol. The van der Waals surface area contributed by atoms with E-state index in [0.717, 1.165) is 48.5 Å². The summed E-state index contributed by atoms with van der Waals surface area (Å²) >= 11 is 0. The molecule has 0 radical (unpaired) electrons. The SMILES string of the molecule is CCCCCCCC1(C)NC(=O)N(NC(=O)c2cc(C)n(-c3ccccc3)n2)C1=O. The number of urea groups is 1. The van der Waals surface area contributed by atoms with E-state index in [0.29, 0.717) is 6.42 Å². The fourth-order valence-electron chi connectivity index (χ4n) is 3.61. The second-order valence-electron chi connectivity index (χ2n) is 7.93. The van der Waals surface area contributed by atoms with Crippen LogP contribution in [-0.4, -0.2) is 38.2 Å². The van der Waals surface area contributed by atoms with E-state index in [-0.39, 0.29) is 5.69 Å². The van der Waals surface area contributed by atoms with Gasteiger partial charge < -0.3 is 5.32 Å². The third-order valence-electron chi connectivity index (χ3n) is 5.38. The van der Waals surface area contributed by atoms with Gasteiger partial charge in [-0.1, -0.05) is 57.2 Å². The summed E-state index contributed by atoms with van der Waals surface area (Å²) < 4.78 is 1.64. The van der Waals surface area contributed by atoms with Gasteiger partial charge >= 0.3 is 6.03 Å². The van der Waals surface area contributed by atoms with Gasteiger partial charge in [0.2, 0.25) is 0 Å². The molecule has 3 rings (SSSR count). The van der Waals surface area contributed by atoms with Crippen LogP contribution in [0.3, 0.4) is 0 Å². The molecule has 1 aliphatic heterocycles. The highest BCUT2D eigenvalue weighted by Crippen LogP contribution is 2.23. The molecule has 1 atom stereocenters. The second kappa shape index (κ2) is 9.11. The van der Waals surface area contributed by atoms with Crippen LogP contribution in [0.15, 0.2) is 36.4 Å². The molecule has 1 unspecified atom stereocenters. The van der Waals surface area contributed by atoms with Gasteiger partial charge in [-0.15, -0.1) is 0 Å². The molecule has 160 valence electrons. The molecule has 1 aliphatic rings. The Morgan fingerprint density at radius 3 is 2.53 bits per heavy atom. The van der Waals surface area contributed by atoms with Crippen molar-refractivity contribution in [1.82, 2.24) is 25.5 Å². The molecule has 8 nitrogen and oxygen atoms in total. The maximum Gasteiger partial charge on any atom is 0.344 e. The minimum atomic E-state index is -1.00. The summed E-state index contributed by atoms with van der Waals surface area (Å²) in [5.41, 5.74) is 3.12. The Hall–Kier alpha value is -3.16. The van der Waals surface area contributed by atoms with Crippen molar-refractivity contribution >= 4 is 17.8 Å². The van der Waals surface area contributed by atoms with E-state index in [1.165, 1.54) is 0 Å². The van der Waals surface area contributed by atoms with Crippen LogP contribution in [0.4, 0.5) is 4.79 Å². The first-order valence-electron chi connectivity index (χ1n) is 10.5. The van der Waals surface area contributed by atoms with Gasteiger partial charge in [0.1, 0.15) is 5.54 Å². The number of aryl methyl sites for hydroxylation is 1. The molecule has 1 saturated heterocycles. The lowest BCUT2D eigenvalue weighted by molar-refractivity contribution is -0.132. The minimum absolute atomic E-state index is 0.130. The second-order valence-corrected chi connectivity index (χ2v) is 7.93. The van der Waals surface area contributed by atoms with Crippen LogP contribution in [0.1, 0.15) is 68.6 Å². The molecule has 4 amide bonds. The van der Waals surface area contributed by atoms with Crippen molar-refractivity contribution in [2.45, 2.75) is 64.8 Å². The molecule has 0 saturated carbocycles. The molecule has 1 aromatic heterocycles. The number of carbonyl (C=O) groups excluding carboxylic acids is 3. The Morgan fingerprint density at radius 1 is 1.13 bits per heavy atom. The van der Waals surface area contributed by atoms with Crippen molar-refractivity contribution in [2.24, 2.45) is 0 Å². The quantitative estimate of drug-likeness (QED) is 0.488. The van der Waals surface area contributed by atoms with Crippen LogP contribution < -0.4 is 10.7 Å². The number of nitrogens with one attached hydrogen (secondary N) is 2. The summed E-state index contributed by atoms with van der Waals surface area (Å²) in [5.74, 6) is -1.06. The topological polar surface area (TPSA) is 96.3 Å². The molecule has 1 aromatic carbocycles. The number of aromatic nitrogens is 2. The van der Waals surface area contributed by atoms with E-state index in [1.807, 2.05) is 37.3 Å². The minimum Gasteiger partial charge on any atom is -0.322 e. The largest absolute Gasteiger partial charge is 0.344 e. The van der Waals surface area contributed by atoms with Crippen LogP contribution in [0.25, 0.3) is 5.69 Å². The Bertz CT molecular complexity index is 924. The highest BCUT2D eigenvalue weighted by molar-refractivity contribution is 6.08. The van der Waals surface area contributed by atoms with Crippen molar-refractivity contribution in [3.05, 3.63) is 47.8 Å². The molecule has 1 fully saturated rings. The van der Waals surface area contributed by atoms with Gasteiger partial charge in [-0.25, -0.2) is 9.48 Å². The molecule has 0 bridgehead atoms. The zero-order chi connectivity index (χ0) is 21.7. The van der Waals surface area contributed by atoms with E-state index in [9.17, 15) is 14.4 Å². The van der Waals surface area contributed by atoms with Gasteiger partial charge in [-0.2, -0.15) is 10.1 Å². The third kappa shape index (κ3) is 4.53. The number of hydrazine groups is 1. The monoisotopic (exact) mass is 411 g/mol. The summed E-state index contributed by atoms with van der Waals surface area (Å²) in [5, 5.41) is 7.81. The van der Waals surface area contributed by atoms with E-state index in [4.69, 9.17) is 0 Å². The lowest BCUT2D eigenvalue weighted by Crippen LogP contribution is -2.48. The van der Waals surface area contributed by atoms with Gasteiger partial charge in [-0.3, -0.25) is 15.0 Å². The van der Waals surface area contributed by atoms with Gasteiger partial charge in [0.25, 0.3) is 11.8 Å². The summed E-state index contributed by atoms with van der Waals surface area (Å²) in [4.78, 5) is 37.8. The predicted octanol–water partition coefficient (Wildman–Crippen LogP) is 3.50. The molecule has 2 aromatic rings. The Balaban J connectivity index is 1.65. The Morgan fingerprint density at radius 2 is 1.83 bits per heavy atom. The highest BCUT2D eigenvalue weighted by Gasteiger charge is 2.48. The Labute approximate surface area is 176 Å². The average Bonchev–Trinajstić information content (AvgIpc) is 3.22. The van der Waals surface area contributed by atoms with Gasteiger partial charge in [0.05, 0.1) is 5.69 Å². The van der Waals surface area contributed by atoms with Crippen molar-refractivity contribution < 1.29 is 14.4 Å². The number of imide groups is 1. The van der Waals surface area contributed by atoms with Crippen LogP contribution in [0, 0.1) is 6.92 Å². The van der Waals surface area contributed by atoms with E-state index in [2.05, 4.69) is 22.8 Å². The third-order valence-corrected chi connectivity index (χ3v) is 5.38. The highest BCUT2D eigenvalue weighted by atomic mass is 16.2. The first-order chi connectivity index (χ1) is 14.4. The van der Waals surface area contributed by atoms with E-state index >= 15 is 0 Å². The maximum absolute atomic E-state index is 12.8. The van der Waals surface area contributed by atoms with Crippen molar-refractivity contribution in [2.75, 3.05) is 0 Å². The summed E-state index contributed by atoms with van der Waals surface area (Å²) in [6.45, 7) is 5.68. The standard InChI is InChI=1S/C22H29N5O3/c1-4-5-6-7-11-14-22(3)20(29)27(21(30)23-22)25-19(28)18-15-16(2)26(24-18)17-12-9-8-10-13-17/h8-10,12-13,15H,4-7,11,14H2,1-3H3,(H,23,30)(H,25,28). The fraction of sp³-hybridized carbons (Fsp3) is 0.455. The van der Waals surface area contributed by atoms with E-state index < -0.39 is 23.4 Å². The van der Waals surface area contributed by atoms with Crippen molar-refractivity contribution in [1.29, 1.82) is 0 Å². The Kier molecular flexibility index (Phi) is 6.54. The molecule has 2 N–H and O–H groups in total. The molecule has 0 spiro atoms. The van der Waals surface area contributed by atoms with Crippen LogP contribution in [-0.2, 0) is 4.79 Å². The maximum atomic E-state index is 12.8. The molecule has 8 heteroatoms. The van der Waals surface area contributed by atoms with Gasteiger partial charge in [-0.05, 0) is 38.5 Å². The van der Waals surface area contributed by atoms with Crippen LogP contribution in [0.5, 0.6) is 0 Å². The zero-order valence-corrected chi connectivity index (χ0v) is 17.8. The number of hydrogen-bond donors (Lipinski definition) is 2. The molecule has 0 aliphatic carbocycles. The zero-order valence-electron chi connectivity index (χ0n) is 17.8. The molecular formula is C22H29N5O3. The number of benzene rings is 1. The van der Waals surface area contributed by atoms with Gasteiger partial charge in [0, 0.05) is 5.69 Å². The van der Waals surface area contributed by atoms with Crippen LogP contribution >= 0.6 is 0 Å². The lowest BCUT2D eigenvalue weighted by atomic mass is 9.94. The molecular weight excluding hydrogens is 382 g/mol. The first kappa shape index (κ1) is 21.5. The average molecular weight is 412 g/mol. The smallest absolute Gasteiger partial charge is 0.322 e.